The lowest BCUT2D eigenvalue weighted by Crippen LogP contribution is -1.89. The normalized spacial score (nSPS) is 10.2. The number of hydrogen-bond acceptors (Lipinski definition) is 2. The number of fused-ring (bicyclic) bond motifs is 1. The predicted molar refractivity (Wildman–Crippen MR) is 57.4 cm³/mol. The summed E-state index contributed by atoms with van der Waals surface area (Å²) in [6.45, 7) is 1.85. The van der Waals surface area contributed by atoms with Crippen LogP contribution in [0, 0.1) is 21.8 Å². The average molecular weight is 283 g/mol. The number of hydrogen-bond donors (Lipinski definition) is 0. The van der Waals surface area contributed by atoms with Crippen molar-refractivity contribution in [3.05, 3.63) is 33.3 Å². The lowest BCUT2D eigenvalue weighted by atomic mass is 10.4. The highest BCUT2D eigenvalue weighted by molar-refractivity contribution is 14.1. The first-order valence-corrected chi connectivity index (χ1v) is 4.84. The maximum Gasteiger partial charge on any atom is 0.147 e. The standard InChI is InChI=1S/C9H6IN3/c1-6-8(4-11)13-5-7(10)2-3-9(13)12-6/h2-3,5H,1H3. The highest BCUT2D eigenvalue weighted by Crippen LogP contribution is 2.13. The number of aromatic nitrogens is 2. The van der Waals surface area contributed by atoms with Crippen molar-refractivity contribution in [3.8, 4) is 6.07 Å². The molecule has 64 valence electrons. The van der Waals surface area contributed by atoms with Gasteiger partial charge in [-0.25, -0.2) is 4.98 Å². The molecule has 0 amide bonds. The van der Waals surface area contributed by atoms with Crippen molar-refractivity contribution in [1.82, 2.24) is 9.38 Å². The number of pyridine rings is 1. The van der Waals surface area contributed by atoms with Gasteiger partial charge in [0.2, 0.25) is 0 Å². The maximum atomic E-state index is 8.88. The van der Waals surface area contributed by atoms with E-state index in [2.05, 4.69) is 33.6 Å². The van der Waals surface area contributed by atoms with Gasteiger partial charge in [0.1, 0.15) is 17.4 Å². The fourth-order valence-electron chi connectivity index (χ4n) is 1.27. The molecule has 0 saturated carbocycles. The van der Waals surface area contributed by atoms with Crippen molar-refractivity contribution in [1.29, 1.82) is 5.26 Å². The third kappa shape index (κ3) is 1.29. The topological polar surface area (TPSA) is 41.1 Å². The van der Waals surface area contributed by atoms with E-state index in [1.54, 1.807) is 0 Å². The van der Waals surface area contributed by atoms with E-state index in [4.69, 9.17) is 5.26 Å². The lowest BCUT2D eigenvalue weighted by molar-refractivity contribution is 1.13. The van der Waals surface area contributed by atoms with Crippen LogP contribution in [0.4, 0.5) is 0 Å². The third-order valence-electron chi connectivity index (χ3n) is 1.86. The molecule has 0 aliphatic heterocycles. The molecular weight excluding hydrogens is 277 g/mol. The van der Waals surface area contributed by atoms with E-state index in [1.165, 1.54) is 0 Å². The van der Waals surface area contributed by atoms with Gasteiger partial charge in [-0.3, -0.25) is 4.40 Å². The first kappa shape index (κ1) is 8.51. The minimum atomic E-state index is 0.619. The van der Waals surface area contributed by atoms with Crippen LogP contribution in [-0.2, 0) is 0 Å². The summed E-state index contributed by atoms with van der Waals surface area (Å²) in [7, 11) is 0. The second-order valence-corrected chi connectivity index (χ2v) is 3.98. The Kier molecular flexibility index (Phi) is 1.96. The van der Waals surface area contributed by atoms with Gasteiger partial charge in [0.05, 0.1) is 5.69 Å². The van der Waals surface area contributed by atoms with Gasteiger partial charge in [-0.05, 0) is 41.6 Å². The van der Waals surface area contributed by atoms with E-state index in [9.17, 15) is 0 Å². The molecule has 0 radical (unpaired) electrons. The molecular formula is C9H6IN3. The van der Waals surface area contributed by atoms with Crippen LogP contribution >= 0.6 is 22.6 Å². The molecule has 0 bridgehead atoms. The molecule has 0 aromatic carbocycles. The average Bonchev–Trinajstić information content (AvgIpc) is 2.40. The molecule has 2 rings (SSSR count). The van der Waals surface area contributed by atoms with E-state index >= 15 is 0 Å². The summed E-state index contributed by atoms with van der Waals surface area (Å²) >= 11 is 2.21. The minimum absolute atomic E-state index is 0.619. The molecule has 0 atom stereocenters. The Morgan fingerprint density at radius 1 is 1.54 bits per heavy atom. The van der Waals surface area contributed by atoms with Crippen LogP contribution in [0.1, 0.15) is 11.4 Å². The molecule has 0 aliphatic carbocycles. The molecule has 0 saturated heterocycles. The van der Waals surface area contributed by atoms with E-state index in [0.717, 1.165) is 14.9 Å². The van der Waals surface area contributed by atoms with Gasteiger partial charge >= 0.3 is 0 Å². The smallest absolute Gasteiger partial charge is 0.147 e. The Bertz CT molecular complexity index is 507. The zero-order valence-electron chi connectivity index (χ0n) is 6.95. The van der Waals surface area contributed by atoms with Gasteiger partial charge in [0.25, 0.3) is 0 Å². The van der Waals surface area contributed by atoms with Crippen LogP contribution in [0.25, 0.3) is 5.65 Å². The lowest BCUT2D eigenvalue weighted by Gasteiger charge is -1.94. The van der Waals surface area contributed by atoms with Crippen molar-refractivity contribution >= 4 is 28.2 Å². The summed E-state index contributed by atoms with van der Waals surface area (Å²) in [5, 5.41) is 8.88. The number of rotatable bonds is 0. The maximum absolute atomic E-state index is 8.88. The van der Waals surface area contributed by atoms with Crippen molar-refractivity contribution < 1.29 is 0 Å². The molecule has 3 nitrogen and oxygen atoms in total. The van der Waals surface area contributed by atoms with Crippen molar-refractivity contribution in [2.75, 3.05) is 0 Å². The SMILES string of the molecule is Cc1nc2ccc(I)cn2c1C#N. The number of nitrogens with zero attached hydrogens (tertiary/aromatic N) is 3. The molecule has 13 heavy (non-hydrogen) atoms. The molecule has 2 heterocycles. The Labute approximate surface area is 89.2 Å². The number of halogens is 1. The van der Waals surface area contributed by atoms with E-state index < -0.39 is 0 Å². The van der Waals surface area contributed by atoms with Crippen LogP contribution in [0.15, 0.2) is 18.3 Å². The number of imidazole rings is 1. The summed E-state index contributed by atoms with van der Waals surface area (Å²) in [4.78, 5) is 4.26. The van der Waals surface area contributed by atoms with Crippen LogP contribution in [-0.4, -0.2) is 9.38 Å². The minimum Gasteiger partial charge on any atom is -0.290 e. The van der Waals surface area contributed by atoms with E-state index in [1.807, 2.05) is 29.7 Å². The second-order valence-electron chi connectivity index (χ2n) is 2.73. The third-order valence-corrected chi connectivity index (χ3v) is 2.50. The van der Waals surface area contributed by atoms with Gasteiger partial charge in [-0.15, -0.1) is 0 Å². The molecule has 0 N–H and O–H groups in total. The summed E-state index contributed by atoms with van der Waals surface area (Å²) in [5.41, 5.74) is 2.23. The number of nitriles is 1. The quantitative estimate of drug-likeness (QED) is 0.695. The first-order valence-electron chi connectivity index (χ1n) is 3.76. The summed E-state index contributed by atoms with van der Waals surface area (Å²) < 4.78 is 2.91. The van der Waals surface area contributed by atoms with Gasteiger partial charge in [0, 0.05) is 9.77 Å². The second kappa shape index (κ2) is 3.00. The molecule has 0 spiro atoms. The molecule has 0 unspecified atom stereocenters. The van der Waals surface area contributed by atoms with Gasteiger partial charge in [0.15, 0.2) is 0 Å². The fourth-order valence-corrected chi connectivity index (χ4v) is 1.73. The highest BCUT2D eigenvalue weighted by atomic mass is 127. The molecule has 0 aliphatic rings. The molecule has 4 heteroatoms. The highest BCUT2D eigenvalue weighted by Gasteiger charge is 2.06. The molecule has 0 fully saturated rings. The Balaban J connectivity index is 2.91. The van der Waals surface area contributed by atoms with Crippen LogP contribution in [0.3, 0.4) is 0 Å². The Hall–Kier alpha value is -1.09. The predicted octanol–water partition coefficient (Wildman–Crippen LogP) is 2.12. The van der Waals surface area contributed by atoms with E-state index in [-0.39, 0.29) is 0 Å². The zero-order valence-corrected chi connectivity index (χ0v) is 9.11. The first-order chi connectivity index (χ1) is 6.22. The van der Waals surface area contributed by atoms with E-state index in [0.29, 0.717) is 5.69 Å². The van der Waals surface area contributed by atoms with Crippen LogP contribution in [0.5, 0.6) is 0 Å². The van der Waals surface area contributed by atoms with Gasteiger partial charge < -0.3 is 0 Å². The van der Waals surface area contributed by atoms with Gasteiger partial charge in [-0.2, -0.15) is 5.26 Å². The summed E-state index contributed by atoms with van der Waals surface area (Å²) in [5.74, 6) is 0. The van der Waals surface area contributed by atoms with Gasteiger partial charge in [-0.1, -0.05) is 0 Å². The van der Waals surface area contributed by atoms with Crippen molar-refractivity contribution in [2.24, 2.45) is 0 Å². The summed E-state index contributed by atoms with van der Waals surface area (Å²) in [6.07, 6.45) is 1.91. The Morgan fingerprint density at radius 2 is 2.31 bits per heavy atom. The molecule has 2 aromatic rings. The number of aryl methyl sites for hydroxylation is 1. The Morgan fingerprint density at radius 3 is 3.00 bits per heavy atom. The monoisotopic (exact) mass is 283 g/mol. The van der Waals surface area contributed by atoms with Crippen molar-refractivity contribution in [3.63, 3.8) is 0 Å². The fraction of sp³-hybridized carbons (Fsp3) is 0.111. The van der Waals surface area contributed by atoms with Crippen molar-refractivity contribution in [2.45, 2.75) is 6.92 Å². The van der Waals surface area contributed by atoms with Crippen LogP contribution in [0.2, 0.25) is 0 Å². The summed E-state index contributed by atoms with van der Waals surface area (Å²) in [6, 6.07) is 6.03. The van der Waals surface area contributed by atoms with Crippen LogP contribution < -0.4 is 0 Å². The zero-order chi connectivity index (χ0) is 9.42. The largest absolute Gasteiger partial charge is 0.290 e. The molecule has 2 aromatic heterocycles.